The molecule has 0 atom stereocenters. The number of aliphatic carboxylic acids is 1. The lowest BCUT2D eigenvalue weighted by Crippen LogP contribution is -2.12. The van der Waals surface area contributed by atoms with Crippen molar-refractivity contribution in [2.45, 2.75) is 90.4 Å². The number of carbonyl (C=O) groups excluding carboxylic acids is 1. The van der Waals surface area contributed by atoms with Gasteiger partial charge in [-0.2, -0.15) is 0 Å². The molecule has 4 nitrogen and oxygen atoms in total. The van der Waals surface area contributed by atoms with Gasteiger partial charge in [0, 0.05) is 6.42 Å². The van der Waals surface area contributed by atoms with Gasteiger partial charge in [0.2, 0.25) is 0 Å². The molecular formula is C19H34O4. The third-order valence-electron chi connectivity index (χ3n) is 3.75. The van der Waals surface area contributed by atoms with Gasteiger partial charge in [0.1, 0.15) is 0 Å². The van der Waals surface area contributed by atoms with Crippen molar-refractivity contribution in [2.75, 3.05) is 6.61 Å². The van der Waals surface area contributed by atoms with E-state index in [1.807, 2.05) is 0 Å². The van der Waals surface area contributed by atoms with E-state index in [0.717, 1.165) is 25.7 Å². The topological polar surface area (TPSA) is 63.6 Å². The highest BCUT2D eigenvalue weighted by atomic mass is 16.5. The fourth-order valence-corrected chi connectivity index (χ4v) is 2.38. The highest BCUT2D eigenvalue weighted by Crippen LogP contribution is 2.09. The predicted molar refractivity (Wildman–Crippen MR) is 93.4 cm³/mol. The fraction of sp³-hybridized carbons (Fsp3) is 0.789. The summed E-state index contributed by atoms with van der Waals surface area (Å²) in [5, 5.41) is 8.37. The Morgan fingerprint density at radius 1 is 0.826 bits per heavy atom. The summed E-state index contributed by atoms with van der Waals surface area (Å²) in [5.41, 5.74) is 0. The second-order valence-corrected chi connectivity index (χ2v) is 6.04. The van der Waals surface area contributed by atoms with Crippen molar-refractivity contribution >= 4 is 11.9 Å². The molecule has 0 amide bonds. The molecule has 4 heteroatoms. The van der Waals surface area contributed by atoms with E-state index >= 15 is 0 Å². The van der Waals surface area contributed by atoms with Gasteiger partial charge in [-0.15, -0.1) is 0 Å². The van der Waals surface area contributed by atoms with Gasteiger partial charge in [0.15, 0.2) is 6.61 Å². The second kappa shape index (κ2) is 17.0. The molecule has 0 aromatic carbocycles. The third kappa shape index (κ3) is 18.6. The molecule has 0 saturated heterocycles. The van der Waals surface area contributed by atoms with Gasteiger partial charge in [-0.3, -0.25) is 4.79 Å². The van der Waals surface area contributed by atoms with Gasteiger partial charge in [0.05, 0.1) is 0 Å². The van der Waals surface area contributed by atoms with Crippen LogP contribution in [0.5, 0.6) is 0 Å². The standard InChI is InChI=1S/C19H34O4/c1-2-3-4-5-6-7-8-9-10-11-12-13-14-15-16-19(22)23-17-18(20)21/h8-9H,2-7,10-17H2,1H3,(H,20,21)/b9-8-. The molecule has 0 bridgehead atoms. The van der Waals surface area contributed by atoms with Crippen molar-refractivity contribution in [3.63, 3.8) is 0 Å². The number of ether oxygens (including phenoxy) is 1. The summed E-state index contributed by atoms with van der Waals surface area (Å²) in [4.78, 5) is 21.4. The molecule has 1 N–H and O–H groups in total. The van der Waals surface area contributed by atoms with E-state index in [1.165, 1.54) is 51.4 Å². The van der Waals surface area contributed by atoms with E-state index < -0.39 is 18.5 Å². The molecule has 0 aliphatic carbocycles. The van der Waals surface area contributed by atoms with Crippen molar-refractivity contribution in [1.29, 1.82) is 0 Å². The first-order chi connectivity index (χ1) is 11.2. The summed E-state index contributed by atoms with van der Waals surface area (Å²) < 4.78 is 4.57. The van der Waals surface area contributed by atoms with E-state index in [-0.39, 0.29) is 0 Å². The van der Waals surface area contributed by atoms with Gasteiger partial charge < -0.3 is 9.84 Å². The maximum absolute atomic E-state index is 11.2. The SMILES string of the molecule is CCCCCCC/C=C\CCCCCCCC(=O)OCC(=O)O. The van der Waals surface area contributed by atoms with Crippen LogP contribution in [-0.2, 0) is 14.3 Å². The van der Waals surface area contributed by atoms with Crippen molar-refractivity contribution in [3.8, 4) is 0 Å². The molecule has 0 aromatic heterocycles. The number of rotatable bonds is 16. The summed E-state index contributed by atoms with van der Waals surface area (Å²) in [6.45, 7) is 1.72. The monoisotopic (exact) mass is 326 g/mol. The number of carboxylic acid groups (broad SMARTS) is 1. The lowest BCUT2D eigenvalue weighted by Gasteiger charge is -2.02. The summed E-state index contributed by atoms with van der Waals surface area (Å²) in [6.07, 6.45) is 19.3. The van der Waals surface area contributed by atoms with Crippen LogP contribution < -0.4 is 0 Å². The van der Waals surface area contributed by atoms with Crippen molar-refractivity contribution in [1.82, 2.24) is 0 Å². The summed E-state index contributed by atoms with van der Waals surface area (Å²) in [6, 6.07) is 0. The van der Waals surface area contributed by atoms with Gasteiger partial charge in [0.25, 0.3) is 0 Å². The molecular weight excluding hydrogens is 292 g/mol. The van der Waals surface area contributed by atoms with E-state index in [1.54, 1.807) is 0 Å². The molecule has 0 aliphatic heterocycles. The Hall–Kier alpha value is -1.32. The lowest BCUT2D eigenvalue weighted by atomic mass is 10.1. The largest absolute Gasteiger partial charge is 0.479 e. The summed E-state index contributed by atoms with van der Waals surface area (Å²) in [7, 11) is 0. The molecule has 0 radical (unpaired) electrons. The number of allylic oxidation sites excluding steroid dienone is 2. The third-order valence-corrected chi connectivity index (χ3v) is 3.75. The average Bonchev–Trinajstić information content (AvgIpc) is 2.53. The number of esters is 1. The highest BCUT2D eigenvalue weighted by Gasteiger charge is 2.05. The maximum Gasteiger partial charge on any atom is 0.341 e. The molecule has 0 fully saturated rings. The first kappa shape index (κ1) is 21.7. The number of hydrogen-bond acceptors (Lipinski definition) is 3. The van der Waals surface area contributed by atoms with Gasteiger partial charge in [-0.1, -0.05) is 64.0 Å². The Morgan fingerprint density at radius 2 is 1.35 bits per heavy atom. The Bertz CT molecular complexity index is 323. The van der Waals surface area contributed by atoms with E-state index in [2.05, 4.69) is 23.8 Å². The van der Waals surface area contributed by atoms with Crippen LogP contribution in [0.1, 0.15) is 90.4 Å². The zero-order valence-corrected chi connectivity index (χ0v) is 14.7. The molecule has 0 aromatic rings. The normalized spacial score (nSPS) is 11.0. The minimum Gasteiger partial charge on any atom is -0.479 e. The molecule has 134 valence electrons. The van der Waals surface area contributed by atoms with Crippen LogP contribution in [0.25, 0.3) is 0 Å². The number of unbranched alkanes of at least 4 members (excludes halogenated alkanes) is 10. The number of hydrogen-bond donors (Lipinski definition) is 1. The predicted octanol–water partition coefficient (Wildman–Crippen LogP) is 5.26. The molecule has 0 heterocycles. The molecule has 0 unspecified atom stereocenters. The molecule has 0 aliphatic rings. The Labute approximate surface area is 141 Å². The molecule has 0 rings (SSSR count). The van der Waals surface area contributed by atoms with Crippen LogP contribution in [-0.4, -0.2) is 23.7 Å². The quantitative estimate of drug-likeness (QED) is 0.239. The average molecular weight is 326 g/mol. The zero-order chi connectivity index (χ0) is 17.2. The molecule has 0 saturated carbocycles. The van der Waals surface area contributed by atoms with Gasteiger partial charge >= 0.3 is 11.9 Å². The van der Waals surface area contributed by atoms with Crippen molar-refractivity contribution < 1.29 is 19.4 Å². The first-order valence-corrected chi connectivity index (χ1v) is 9.19. The number of carbonyl (C=O) groups is 2. The second-order valence-electron chi connectivity index (χ2n) is 6.04. The Balaban J connectivity index is 3.21. The Morgan fingerprint density at radius 3 is 1.91 bits per heavy atom. The minimum atomic E-state index is -1.10. The zero-order valence-electron chi connectivity index (χ0n) is 14.7. The van der Waals surface area contributed by atoms with Gasteiger partial charge in [-0.05, 0) is 32.1 Å². The summed E-state index contributed by atoms with van der Waals surface area (Å²) >= 11 is 0. The smallest absolute Gasteiger partial charge is 0.341 e. The lowest BCUT2D eigenvalue weighted by molar-refractivity contribution is -0.155. The van der Waals surface area contributed by atoms with Crippen molar-refractivity contribution in [2.24, 2.45) is 0 Å². The van der Waals surface area contributed by atoms with E-state index in [0.29, 0.717) is 6.42 Å². The van der Waals surface area contributed by atoms with Crippen LogP contribution in [0.2, 0.25) is 0 Å². The molecule has 23 heavy (non-hydrogen) atoms. The van der Waals surface area contributed by atoms with Crippen LogP contribution in [0.3, 0.4) is 0 Å². The van der Waals surface area contributed by atoms with Crippen LogP contribution in [0, 0.1) is 0 Å². The van der Waals surface area contributed by atoms with Crippen LogP contribution in [0.15, 0.2) is 12.2 Å². The fourth-order valence-electron chi connectivity index (χ4n) is 2.38. The number of carboxylic acids is 1. The maximum atomic E-state index is 11.2. The molecule has 0 spiro atoms. The van der Waals surface area contributed by atoms with Gasteiger partial charge in [-0.25, -0.2) is 4.79 Å². The van der Waals surface area contributed by atoms with Crippen LogP contribution >= 0.6 is 0 Å². The van der Waals surface area contributed by atoms with Crippen LogP contribution in [0.4, 0.5) is 0 Å². The first-order valence-electron chi connectivity index (χ1n) is 9.19. The minimum absolute atomic E-state index is 0.325. The van der Waals surface area contributed by atoms with E-state index in [9.17, 15) is 9.59 Å². The Kier molecular flexibility index (Phi) is 16.1. The highest BCUT2D eigenvalue weighted by molar-refractivity contribution is 5.75. The summed E-state index contributed by atoms with van der Waals surface area (Å²) in [5.74, 6) is -1.51. The van der Waals surface area contributed by atoms with Crippen molar-refractivity contribution in [3.05, 3.63) is 12.2 Å². The van der Waals surface area contributed by atoms with E-state index in [4.69, 9.17) is 5.11 Å².